The maximum absolute atomic E-state index is 5.94. The zero-order valence-corrected chi connectivity index (χ0v) is 14.1. The molecule has 0 bridgehead atoms. The molecule has 0 aliphatic rings. The Balaban J connectivity index is 1.88. The second-order valence-electron chi connectivity index (χ2n) is 5.75. The monoisotopic (exact) mass is 304 g/mol. The van der Waals surface area contributed by atoms with Gasteiger partial charge >= 0.3 is 0 Å². The number of thiazole rings is 1. The summed E-state index contributed by atoms with van der Waals surface area (Å²) in [6.07, 6.45) is 1.95. The highest BCUT2D eigenvalue weighted by Crippen LogP contribution is 2.24. The molecule has 1 aromatic carbocycles. The Labute approximate surface area is 131 Å². The molecular formula is C17H24N2OS. The number of para-hydroxylation sites is 1. The van der Waals surface area contributed by atoms with Crippen LogP contribution in [0.5, 0.6) is 5.75 Å². The first kappa shape index (κ1) is 16.0. The predicted octanol–water partition coefficient (Wildman–Crippen LogP) is 4.08. The first-order valence-corrected chi connectivity index (χ1v) is 8.21. The molecule has 0 unspecified atom stereocenters. The average Bonchev–Trinajstić information content (AvgIpc) is 2.86. The van der Waals surface area contributed by atoms with Crippen molar-refractivity contribution in [2.75, 3.05) is 6.54 Å². The molecule has 0 aliphatic carbocycles. The van der Waals surface area contributed by atoms with Crippen LogP contribution in [0.2, 0.25) is 0 Å². The number of nitrogens with zero attached hydrogens (tertiary/aromatic N) is 1. The lowest BCUT2D eigenvalue weighted by atomic mass is 10.1. The van der Waals surface area contributed by atoms with Crippen LogP contribution in [0, 0.1) is 19.8 Å². The zero-order valence-electron chi connectivity index (χ0n) is 13.3. The Kier molecular flexibility index (Phi) is 5.76. The molecule has 0 saturated heterocycles. The molecule has 1 aromatic heterocycles. The zero-order chi connectivity index (χ0) is 15.2. The van der Waals surface area contributed by atoms with E-state index in [1.54, 1.807) is 11.3 Å². The third kappa shape index (κ3) is 4.83. The van der Waals surface area contributed by atoms with Crippen LogP contribution < -0.4 is 10.1 Å². The van der Waals surface area contributed by atoms with E-state index in [-0.39, 0.29) is 0 Å². The Morgan fingerprint density at radius 1 is 1.24 bits per heavy atom. The van der Waals surface area contributed by atoms with Gasteiger partial charge in [0.15, 0.2) is 0 Å². The molecule has 0 fully saturated rings. The van der Waals surface area contributed by atoms with Crippen molar-refractivity contribution in [3.05, 3.63) is 45.4 Å². The predicted molar refractivity (Wildman–Crippen MR) is 88.9 cm³/mol. The van der Waals surface area contributed by atoms with Crippen molar-refractivity contribution in [3.63, 3.8) is 0 Å². The molecule has 0 aliphatic heterocycles. The summed E-state index contributed by atoms with van der Waals surface area (Å²) in [6.45, 7) is 11.0. The number of aromatic nitrogens is 1. The Hall–Kier alpha value is -1.39. The van der Waals surface area contributed by atoms with Crippen molar-refractivity contribution in [1.29, 1.82) is 0 Å². The lowest BCUT2D eigenvalue weighted by molar-refractivity contribution is 0.301. The van der Waals surface area contributed by atoms with Gasteiger partial charge in [0.05, 0.1) is 0 Å². The average molecular weight is 304 g/mol. The van der Waals surface area contributed by atoms with Crippen molar-refractivity contribution >= 4 is 11.3 Å². The van der Waals surface area contributed by atoms with Crippen molar-refractivity contribution in [2.45, 2.75) is 40.8 Å². The highest BCUT2D eigenvalue weighted by atomic mass is 32.1. The van der Waals surface area contributed by atoms with E-state index in [2.05, 4.69) is 56.2 Å². The van der Waals surface area contributed by atoms with Crippen LogP contribution in [0.15, 0.2) is 24.4 Å². The highest BCUT2D eigenvalue weighted by molar-refractivity contribution is 7.11. The summed E-state index contributed by atoms with van der Waals surface area (Å²) >= 11 is 1.72. The van der Waals surface area contributed by atoms with E-state index in [0.29, 0.717) is 12.5 Å². The minimum atomic E-state index is 0.542. The van der Waals surface area contributed by atoms with Gasteiger partial charge in [-0.1, -0.05) is 32.0 Å². The summed E-state index contributed by atoms with van der Waals surface area (Å²) in [4.78, 5) is 5.70. The van der Waals surface area contributed by atoms with Crippen LogP contribution in [-0.2, 0) is 13.2 Å². The molecule has 0 radical (unpaired) electrons. The second-order valence-corrected chi connectivity index (χ2v) is 6.95. The third-order valence-electron chi connectivity index (χ3n) is 3.20. The molecule has 0 atom stereocenters. The van der Waals surface area contributed by atoms with Gasteiger partial charge in [-0.3, -0.25) is 0 Å². The van der Waals surface area contributed by atoms with Crippen molar-refractivity contribution in [2.24, 2.45) is 5.92 Å². The minimum absolute atomic E-state index is 0.542. The van der Waals surface area contributed by atoms with Crippen molar-refractivity contribution in [1.82, 2.24) is 10.3 Å². The van der Waals surface area contributed by atoms with E-state index in [1.807, 2.05) is 6.20 Å². The summed E-state index contributed by atoms with van der Waals surface area (Å²) in [5, 5.41) is 4.46. The quantitative estimate of drug-likeness (QED) is 0.837. The summed E-state index contributed by atoms with van der Waals surface area (Å²) < 4.78 is 5.94. The molecule has 0 saturated carbocycles. The molecule has 114 valence electrons. The van der Waals surface area contributed by atoms with E-state index in [1.165, 1.54) is 16.0 Å². The number of aryl methyl sites for hydroxylation is 2. The SMILES string of the molecule is Cc1cccc(C)c1OCc1ncc(CNCC(C)C)s1. The Bertz CT molecular complexity index is 558. The lowest BCUT2D eigenvalue weighted by Gasteiger charge is -2.10. The minimum Gasteiger partial charge on any atom is -0.486 e. The molecule has 2 aromatic rings. The molecular weight excluding hydrogens is 280 g/mol. The van der Waals surface area contributed by atoms with Crippen molar-refractivity contribution < 1.29 is 4.74 Å². The van der Waals surface area contributed by atoms with Crippen LogP contribution >= 0.6 is 11.3 Å². The van der Waals surface area contributed by atoms with Gasteiger partial charge in [0.1, 0.15) is 17.4 Å². The molecule has 1 heterocycles. The fraction of sp³-hybridized carbons (Fsp3) is 0.471. The summed E-state index contributed by atoms with van der Waals surface area (Å²) in [5.74, 6) is 1.65. The van der Waals surface area contributed by atoms with Gasteiger partial charge in [0, 0.05) is 17.6 Å². The molecule has 2 rings (SSSR count). The van der Waals surface area contributed by atoms with Gasteiger partial charge in [0.25, 0.3) is 0 Å². The van der Waals surface area contributed by atoms with E-state index < -0.39 is 0 Å². The molecule has 0 amide bonds. The van der Waals surface area contributed by atoms with Gasteiger partial charge in [0.2, 0.25) is 0 Å². The third-order valence-corrected chi connectivity index (χ3v) is 4.17. The van der Waals surface area contributed by atoms with Crippen molar-refractivity contribution in [3.8, 4) is 5.75 Å². The lowest BCUT2D eigenvalue weighted by Crippen LogP contribution is -2.18. The first-order valence-electron chi connectivity index (χ1n) is 7.39. The smallest absolute Gasteiger partial charge is 0.140 e. The van der Waals surface area contributed by atoms with Gasteiger partial charge in [-0.2, -0.15) is 0 Å². The van der Waals surface area contributed by atoms with E-state index >= 15 is 0 Å². The number of benzene rings is 1. The Morgan fingerprint density at radius 2 is 1.95 bits per heavy atom. The van der Waals surface area contributed by atoms with Gasteiger partial charge < -0.3 is 10.1 Å². The summed E-state index contributed by atoms with van der Waals surface area (Å²) in [6, 6.07) is 6.20. The standard InChI is InChI=1S/C17H24N2OS/c1-12(2)8-18-9-15-10-19-16(21-15)11-20-17-13(3)6-5-7-14(17)4/h5-7,10,12,18H,8-9,11H2,1-4H3. The number of nitrogens with one attached hydrogen (secondary N) is 1. The molecule has 3 nitrogen and oxygen atoms in total. The molecule has 0 spiro atoms. The van der Waals surface area contributed by atoms with Crippen LogP contribution in [-0.4, -0.2) is 11.5 Å². The number of ether oxygens (including phenoxy) is 1. The van der Waals surface area contributed by atoms with Crippen LogP contribution in [0.4, 0.5) is 0 Å². The topological polar surface area (TPSA) is 34.1 Å². The summed E-state index contributed by atoms with van der Waals surface area (Å²) in [5.41, 5.74) is 2.34. The fourth-order valence-corrected chi connectivity index (χ4v) is 2.95. The summed E-state index contributed by atoms with van der Waals surface area (Å²) in [7, 11) is 0. The van der Waals surface area contributed by atoms with E-state index in [0.717, 1.165) is 23.8 Å². The number of hydrogen-bond acceptors (Lipinski definition) is 4. The van der Waals surface area contributed by atoms with Gasteiger partial charge in [-0.25, -0.2) is 4.98 Å². The highest BCUT2D eigenvalue weighted by Gasteiger charge is 2.06. The van der Waals surface area contributed by atoms with E-state index in [9.17, 15) is 0 Å². The number of hydrogen-bond donors (Lipinski definition) is 1. The van der Waals surface area contributed by atoms with Gasteiger partial charge in [-0.15, -0.1) is 11.3 Å². The Morgan fingerprint density at radius 3 is 2.62 bits per heavy atom. The van der Waals surface area contributed by atoms with Crippen LogP contribution in [0.3, 0.4) is 0 Å². The molecule has 21 heavy (non-hydrogen) atoms. The first-order chi connectivity index (χ1) is 10.1. The normalized spacial score (nSPS) is 11.1. The molecule has 1 N–H and O–H groups in total. The number of rotatable bonds is 7. The van der Waals surface area contributed by atoms with Crippen LogP contribution in [0.25, 0.3) is 0 Å². The molecule has 4 heteroatoms. The van der Waals surface area contributed by atoms with Crippen LogP contribution in [0.1, 0.15) is 34.9 Å². The largest absolute Gasteiger partial charge is 0.486 e. The van der Waals surface area contributed by atoms with E-state index in [4.69, 9.17) is 4.74 Å². The van der Waals surface area contributed by atoms with Gasteiger partial charge in [-0.05, 0) is 37.4 Å². The maximum atomic E-state index is 5.94. The second kappa shape index (κ2) is 7.57. The fourth-order valence-electron chi connectivity index (χ4n) is 2.14. The maximum Gasteiger partial charge on any atom is 0.140 e.